The zero-order valence-electron chi connectivity index (χ0n) is 34.6. The van der Waals surface area contributed by atoms with Gasteiger partial charge in [0.05, 0.1) is 12.6 Å². The van der Waals surface area contributed by atoms with Crippen molar-refractivity contribution >= 4 is 11.9 Å². The lowest BCUT2D eigenvalue weighted by Crippen LogP contribution is -2.55. The topological polar surface area (TPSA) is 101 Å². The van der Waals surface area contributed by atoms with Gasteiger partial charge in [0.2, 0.25) is 5.91 Å². The Kier molecular flexibility index (Phi) is 12.3. The molecule has 0 saturated heterocycles. The van der Waals surface area contributed by atoms with E-state index in [0.29, 0.717) is 43.2 Å². The number of carboxylic acid groups (broad SMARTS) is 1. The fraction of sp³-hybridized carbons (Fsp3) is 0.380. The predicted molar refractivity (Wildman–Crippen MR) is 227 cm³/mol. The molecular weight excluding hydrogens is 761 g/mol. The number of nitrogens with one attached hydrogen (secondary N) is 1. The number of benzene rings is 4. The molecule has 0 bridgehead atoms. The van der Waals surface area contributed by atoms with E-state index in [9.17, 15) is 23.5 Å². The highest BCUT2D eigenvalue weighted by molar-refractivity contribution is 5.87. The molecule has 0 radical (unpaired) electrons. The van der Waals surface area contributed by atoms with Gasteiger partial charge < -0.3 is 19.9 Å². The molecule has 3 aliphatic rings. The third-order valence-electron chi connectivity index (χ3n) is 12.9. The van der Waals surface area contributed by atoms with Gasteiger partial charge in [-0.2, -0.15) is 0 Å². The maximum absolute atomic E-state index is 14.2. The number of amides is 1. The number of nitrogens with zero attached hydrogens (tertiary/aromatic N) is 2. The maximum Gasteiger partial charge on any atom is 0.326 e. The van der Waals surface area contributed by atoms with Crippen LogP contribution in [0.5, 0.6) is 11.5 Å². The maximum atomic E-state index is 14.2. The number of carboxylic acids is 1. The summed E-state index contributed by atoms with van der Waals surface area (Å²) in [5.41, 5.74) is 10.2. The fourth-order valence-corrected chi connectivity index (χ4v) is 9.00. The van der Waals surface area contributed by atoms with E-state index in [-0.39, 0.29) is 18.2 Å². The van der Waals surface area contributed by atoms with Crippen LogP contribution in [0.15, 0.2) is 91.1 Å². The molecule has 1 aliphatic carbocycles. The Labute approximate surface area is 351 Å². The van der Waals surface area contributed by atoms with Crippen LogP contribution in [0.4, 0.5) is 8.78 Å². The second-order valence-corrected chi connectivity index (χ2v) is 16.8. The quantitative estimate of drug-likeness (QED) is 0.122. The Morgan fingerprint density at radius 1 is 0.917 bits per heavy atom. The van der Waals surface area contributed by atoms with E-state index in [4.69, 9.17) is 9.47 Å². The van der Waals surface area contributed by atoms with Crippen LogP contribution >= 0.6 is 0 Å². The number of aryl methyl sites for hydroxylation is 1. The van der Waals surface area contributed by atoms with Gasteiger partial charge in [-0.15, -0.1) is 0 Å². The molecule has 2 aliphatic heterocycles. The summed E-state index contributed by atoms with van der Waals surface area (Å²) in [5.74, 6) is -0.843. The molecule has 4 atom stereocenters. The highest BCUT2D eigenvalue weighted by atomic mass is 19.2. The number of fused-ring (bicyclic) bond motifs is 2. The van der Waals surface area contributed by atoms with E-state index >= 15 is 0 Å². The zero-order chi connectivity index (χ0) is 41.9. The molecule has 1 aromatic heterocycles. The van der Waals surface area contributed by atoms with Crippen molar-refractivity contribution in [2.75, 3.05) is 13.2 Å². The molecule has 1 saturated carbocycles. The minimum Gasteiger partial charge on any atom is -0.493 e. The standard InChI is InChI=1S/C50H53F2N3O5/c1-4-47(37-14-17-43(51)44(52)25-37)60-41-15-12-34(13-16-41)36-19-21-59-48-27-38-26-46(55(28-33-6-5-7-33)29-40(38)24-39(48)23-36)49(56)54-45(50(57)58)22-32-8-10-35(11-9-32)42-18-20-53-31(3)30(42)2/h8-18,20,24-25,27,33,36,45-47H,4-7,19,21-23,26,28-29H2,1-3H3,(H,54,56)(H,57,58)/t36-,45+,46+,47-/m1/s1. The van der Waals surface area contributed by atoms with Crippen LogP contribution in [0.25, 0.3) is 11.1 Å². The number of carbonyl (C=O) groups excluding carboxylic acids is 1. The van der Waals surface area contributed by atoms with Gasteiger partial charge >= 0.3 is 5.97 Å². The lowest BCUT2D eigenvalue weighted by Gasteiger charge is -2.40. The highest BCUT2D eigenvalue weighted by Crippen LogP contribution is 2.39. The predicted octanol–water partition coefficient (Wildman–Crippen LogP) is 9.62. The third kappa shape index (κ3) is 9.09. The van der Waals surface area contributed by atoms with Crippen molar-refractivity contribution in [1.29, 1.82) is 0 Å². The van der Waals surface area contributed by atoms with E-state index in [1.807, 2.05) is 63.2 Å². The first kappa shape index (κ1) is 41.1. The molecule has 312 valence electrons. The Balaban J connectivity index is 0.957. The molecule has 60 heavy (non-hydrogen) atoms. The SMILES string of the molecule is CC[C@@H](Oc1ccc([C@@H]2CCOc3cc4c(cc3C2)CN(CC2CCC2)[C@H](C(=O)N[C@@H](Cc2ccc(-c3ccnc(C)c3C)cc2)C(=O)O)C4)cc1)c1ccc(F)c(F)c1. The molecule has 4 aromatic carbocycles. The third-order valence-corrected chi connectivity index (χ3v) is 12.9. The molecule has 8 nitrogen and oxygen atoms in total. The van der Waals surface area contributed by atoms with Crippen molar-refractivity contribution in [1.82, 2.24) is 15.2 Å². The van der Waals surface area contributed by atoms with Crippen LogP contribution < -0.4 is 14.8 Å². The molecule has 0 spiro atoms. The van der Waals surface area contributed by atoms with E-state index in [1.54, 1.807) is 12.3 Å². The van der Waals surface area contributed by atoms with Gasteiger partial charge in [0.15, 0.2) is 11.6 Å². The molecule has 10 heteroatoms. The number of aromatic nitrogens is 1. The second kappa shape index (κ2) is 17.9. The zero-order valence-corrected chi connectivity index (χ0v) is 34.6. The molecule has 0 unspecified atom stereocenters. The number of aliphatic carboxylic acids is 1. The summed E-state index contributed by atoms with van der Waals surface area (Å²) in [6.45, 7) is 7.93. The number of halogens is 2. The van der Waals surface area contributed by atoms with Crippen molar-refractivity contribution in [2.45, 2.75) is 103 Å². The van der Waals surface area contributed by atoms with Crippen molar-refractivity contribution in [3.05, 3.63) is 147 Å². The van der Waals surface area contributed by atoms with Gasteiger partial charge in [0, 0.05) is 31.4 Å². The molecule has 2 N–H and O–H groups in total. The number of hydrogen-bond donors (Lipinski definition) is 2. The van der Waals surface area contributed by atoms with Crippen LogP contribution in [-0.4, -0.2) is 52.1 Å². The molecular formula is C50H53F2N3O5. The summed E-state index contributed by atoms with van der Waals surface area (Å²) < 4.78 is 40.1. The van der Waals surface area contributed by atoms with Gasteiger partial charge in [0.1, 0.15) is 23.6 Å². The van der Waals surface area contributed by atoms with Crippen LogP contribution in [0.1, 0.15) is 95.7 Å². The van der Waals surface area contributed by atoms with Crippen LogP contribution in [-0.2, 0) is 35.4 Å². The summed E-state index contributed by atoms with van der Waals surface area (Å²) in [6, 6.07) is 24.6. The van der Waals surface area contributed by atoms with Crippen molar-refractivity contribution < 1.29 is 33.0 Å². The molecule has 5 aromatic rings. The first-order chi connectivity index (χ1) is 29.0. The van der Waals surface area contributed by atoms with Crippen molar-refractivity contribution in [3.8, 4) is 22.6 Å². The minimum absolute atomic E-state index is 0.177. The normalized spacial score (nSPS) is 18.8. The Morgan fingerprint density at radius 2 is 1.70 bits per heavy atom. The highest BCUT2D eigenvalue weighted by Gasteiger charge is 2.37. The number of carbonyl (C=O) groups is 2. The number of pyridine rings is 1. The summed E-state index contributed by atoms with van der Waals surface area (Å²) >= 11 is 0. The number of hydrogen-bond acceptors (Lipinski definition) is 6. The number of ether oxygens (including phenoxy) is 2. The van der Waals surface area contributed by atoms with Gasteiger partial charge in [-0.25, -0.2) is 13.6 Å². The Morgan fingerprint density at radius 3 is 2.40 bits per heavy atom. The molecule has 1 amide bonds. The molecule has 3 heterocycles. The number of rotatable bonds is 13. The van der Waals surface area contributed by atoms with Crippen molar-refractivity contribution in [3.63, 3.8) is 0 Å². The lowest BCUT2D eigenvalue weighted by atomic mass is 9.83. The van der Waals surface area contributed by atoms with Crippen LogP contribution in [0.2, 0.25) is 0 Å². The summed E-state index contributed by atoms with van der Waals surface area (Å²) in [7, 11) is 0. The van der Waals surface area contributed by atoms with Gasteiger partial charge in [-0.05, 0) is 151 Å². The molecule has 1 fully saturated rings. The van der Waals surface area contributed by atoms with E-state index < -0.39 is 35.8 Å². The Hall–Kier alpha value is -5.61. The first-order valence-electron chi connectivity index (χ1n) is 21.3. The summed E-state index contributed by atoms with van der Waals surface area (Å²) in [4.78, 5) is 33.4. The monoisotopic (exact) mass is 813 g/mol. The van der Waals surface area contributed by atoms with E-state index in [0.717, 1.165) is 83.1 Å². The first-order valence-corrected chi connectivity index (χ1v) is 21.3. The summed E-state index contributed by atoms with van der Waals surface area (Å²) in [6.07, 6.45) is 7.74. The average molecular weight is 814 g/mol. The minimum atomic E-state index is -1.07. The van der Waals surface area contributed by atoms with Gasteiger partial charge in [-0.3, -0.25) is 14.7 Å². The van der Waals surface area contributed by atoms with E-state index in [1.165, 1.54) is 23.6 Å². The fourth-order valence-electron chi connectivity index (χ4n) is 9.00. The van der Waals surface area contributed by atoms with E-state index in [2.05, 4.69) is 39.5 Å². The van der Waals surface area contributed by atoms with Crippen LogP contribution in [0.3, 0.4) is 0 Å². The second-order valence-electron chi connectivity index (χ2n) is 16.8. The molecule has 8 rings (SSSR count). The largest absolute Gasteiger partial charge is 0.493 e. The Bertz CT molecular complexity index is 2350. The van der Waals surface area contributed by atoms with Crippen molar-refractivity contribution in [2.24, 2.45) is 5.92 Å². The van der Waals surface area contributed by atoms with Crippen LogP contribution in [0, 0.1) is 31.4 Å². The van der Waals surface area contributed by atoms with Gasteiger partial charge in [-0.1, -0.05) is 61.9 Å². The average Bonchev–Trinajstić information content (AvgIpc) is 3.44. The smallest absolute Gasteiger partial charge is 0.326 e. The van der Waals surface area contributed by atoms with Gasteiger partial charge in [0.25, 0.3) is 0 Å². The summed E-state index contributed by atoms with van der Waals surface area (Å²) in [5, 5.41) is 13.2. The lowest BCUT2D eigenvalue weighted by molar-refractivity contribution is -0.143.